The fourth-order valence-corrected chi connectivity index (χ4v) is 2.40. The molecule has 0 unspecified atom stereocenters. The standard InChI is InChI=1S/C11H14BrNOS/c1-7-9(12)5-6-10(15-4)11(7)8(2)13-14-3/h5-6,13H,2H2,1,3-4H3. The molecule has 0 fully saturated rings. The molecular weight excluding hydrogens is 274 g/mol. The molecule has 0 saturated heterocycles. The molecule has 0 aliphatic heterocycles. The fourth-order valence-electron chi connectivity index (χ4n) is 1.38. The highest BCUT2D eigenvalue weighted by Crippen LogP contribution is 2.32. The van der Waals surface area contributed by atoms with Crippen molar-refractivity contribution in [1.29, 1.82) is 0 Å². The van der Waals surface area contributed by atoms with Gasteiger partial charge in [0.05, 0.1) is 12.8 Å². The molecule has 0 saturated carbocycles. The minimum Gasteiger partial charge on any atom is -0.279 e. The maximum Gasteiger partial charge on any atom is 0.0636 e. The van der Waals surface area contributed by atoms with E-state index in [1.165, 1.54) is 4.90 Å². The number of benzene rings is 1. The lowest BCUT2D eigenvalue weighted by atomic mass is 10.1. The number of hydrogen-bond donors (Lipinski definition) is 1. The molecule has 4 heteroatoms. The number of nitrogens with one attached hydrogen (secondary N) is 1. The van der Waals surface area contributed by atoms with Crippen molar-refractivity contribution in [3.63, 3.8) is 0 Å². The minimum atomic E-state index is 0.778. The van der Waals surface area contributed by atoms with Gasteiger partial charge in [0.15, 0.2) is 0 Å². The van der Waals surface area contributed by atoms with Crippen molar-refractivity contribution in [2.75, 3.05) is 13.4 Å². The number of thioether (sulfide) groups is 1. The molecular formula is C11H14BrNOS. The largest absolute Gasteiger partial charge is 0.279 e. The minimum absolute atomic E-state index is 0.778. The SMILES string of the molecule is C=C(NOC)c1c(SC)ccc(Br)c1C. The van der Waals surface area contributed by atoms with E-state index in [0.717, 1.165) is 21.3 Å². The molecule has 2 nitrogen and oxygen atoms in total. The van der Waals surface area contributed by atoms with Gasteiger partial charge in [0.1, 0.15) is 0 Å². The quantitative estimate of drug-likeness (QED) is 0.675. The van der Waals surface area contributed by atoms with E-state index in [0.29, 0.717) is 0 Å². The number of hydrogen-bond acceptors (Lipinski definition) is 3. The normalized spacial score (nSPS) is 10.1. The van der Waals surface area contributed by atoms with Gasteiger partial charge in [-0.1, -0.05) is 22.5 Å². The van der Waals surface area contributed by atoms with Crippen LogP contribution in [0, 0.1) is 6.92 Å². The van der Waals surface area contributed by atoms with Crippen molar-refractivity contribution in [1.82, 2.24) is 5.48 Å². The van der Waals surface area contributed by atoms with Crippen molar-refractivity contribution in [3.05, 3.63) is 34.3 Å². The number of hydroxylamine groups is 1. The second kappa shape index (κ2) is 5.58. The number of halogens is 1. The maximum atomic E-state index is 4.88. The third-order valence-electron chi connectivity index (χ3n) is 2.11. The van der Waals surface area contributed by atoms with Gasteiger partial charge in [-0.2, -0.15) is 0 Å². The summed E-state index contributed by atoms with van der Waals surface area (Å²) in [4.78, 5) is 6.06. The summed E-state index contributed by atoms with van der Waals surface area (Å²) < 4.78 is 1.08. The predicted octanol–water partition coefficient (Wildman–Crippen LogP) is 3.60. The van der Waals surface area contributed by atoms with Crippen molar-refractivity contribution in [2.45, 2.75) is 11.8 Å². The molecule has 1 N–H and O–H groups in total. The average Bonchev–Trinajstić information content (AvgIpc) is 2.22. The molecule has 0 bridgehead atoms. The second-order valence-corrected chi connectivity index (χ2v) is 4.74. The van der Waals surface area contributed by atoms with Gasteiger partial charge in [0.2, 0.25) is 0 Å². The highest BCUT2D eigenvalue weighted by Gasteiger charge is 2.11. The highest BCUT2D eigenvalue weighted by atomic mass is 79.9. The van der Waals surface area contributed by atoms with Gasteiger partial charge in [-0.05, 0) is 30.9 Å². The Hall–Kier alpha value is -0.450. The summed E-state index contributed by atoms with van der Waals surface area (Å²) in [6.45, 7) is 6.01. The van der Waals surface area contributed by atoms with Gasteiger partial charge in [-0.3, -0.25) is 10.3 Å². The smallest absolute Gasteiger partial charge is 0.0636 e. The Morgan fingerprint density at radius 2 is 2.20 bits per heavy atom. The third-order valence-corrected chi connectivity index (χ3v) is 3.75. The fraction of sp³-hybridized carbons (Fsp3) is 0.273. The summed E-state index contributed by atoms with van der Waals surface area (Å²) in [5, 5.41) is 0. The monoisotopic (exact) mass is 287 g/mol. The summed E-state index contributed by atoms with van der Waals surface area (Å²) in [5.41, 5.74) is 5.81. The van der Waals surface area contributed by atoms with E-state index in [1.54, 1.807) is 18.9 Å². The lowest BCUT2D eigenvalue weighted by Gasteiger charge is -2.15. The Morgan fingerprint density at radius 3 is 2.73 bits per heavy atom. The van der Waals surface area contributed by atoms with Crippen LogP contribution in [0.3, 0.4) is 0 Å². The molecule has 0 radical (unpaired) electrons. The van der Waals surface area contributed by atoms with Crippen molar-refractivity contribution in [2.24, 2.45) is 0 Å². The van der Waals surface area contributed by atoms with E-state index in [9.17, 15) is 0 Å². The van der Waals surface area contributed by atoms with Crippen LogP contribution in [0.5, 0.6) is 0 Å². The van der Waals surface area contributed by atoms with Crippen LogP contribution in [0.2, 0.25) is 0 Å². The molecule has 0 amide bonds. The zero-order valence-corrected chi connectivity index (χ0v) is 11.5. The highest BCUT2D eigenvalue weighted by molar-refractivity contribution is 9.10. The van der Waals surface area contributed by atoms with Crippen LogP contribution in [-0.4, -0.2) is 13.4 Å². The molecule has 82 valence electrons. The molecule has 1 rings (SSSR count). The summed E-state index contributed by atoms with van der Waals surface area (Å²) in [6, 6.07) is 4.12. The Kier molecular flexibility index (Phi) is 4.70. The van der Waals surface area contributed by atoms with Crippen molar-refractivity contribution >= 4 is 33.4 Å². The van der Waals surface area contributed by atoms with E-state index in [2.05, 4.69) is 41.0 Å². The van der Waals surface area contributed by atoms with Gasteiger partial charge < -0.3 is 0 Å². The lowest BCUT2D eigenvalue weighted by Crippen LogP contribution is -2.10. The van der Waals surface area contributed by atoms with Crippen LogP contribution in [0.25, 0.3) is 5.70 Å². The first-order chi connectivity index (χ1) is 7.11. The summed E-state index contributed by atoms with van der Waals surface area (Å²) in [7, 11) is 1.58. The Balaban J connectivity index is 3.23. The second-order valence-electron chi connectivity index (χ2n) is 3.03. The molecule has 1 aromatic carbocycles. The van der Waals surface area contributed by atoms with Crippen LogP contribution < -0.4 is 5.48 Å². The van der Waals surface area contributed by atoms with Gasteiger partial charge in [0.25, 0.3) is 0 Å². The van der Waals surface area contributed by atoms with E-state index in [-0.39, 0.29) is 0 Å². The summed E-state index contributed by atoms with van der Waals surface area (Å²) in [5.74, 6) is 0. The van der Waals surface area contributed by atoms with Crippen LogP contribution in [0.1, 0.15) is 11.1 Å². The van der Waals surface area contributed by atoms with E-state index in [1.807, 2.05) is 12.3 Å². The van der Waals surface area contributed by atoms with Gasteiger partial charge in [-0.25, -0.2) is 0 Å². The van der Waals surface area contributed by atoms with Crippen molar-refractivity contribution in [3.8, 4) is 0 Å². The Morgan fingerprint density at radius 1 is 1.53 bits per heavy atom. The van der Waals surface area contributed by atoms with Crippen LogP contribution in [0.15, 0.2) is 28.1 Å². The molecule has 0 spiro atoms. The van der Waals surface area contributed by atoms with E-state index in [4.69, 9.17) is 4.84 Å². The summed E-state index contributed by atoms with van der Waals surface area (Å²) in [6.07, 6.45) is 2.05. The van der Waals surface area contributed by atoms with E-state index >= 15 is 0 Å². The van der Waals surface area contributed by atoms with Crippen LogP contribution in [0.4, 0.5) is 0 Å². The predicted molar refractivity (Wildman–Crippen MR) is 69.8 cm³/mol. The van der Waals surface area contributed by atoms with Crippen molar-refractivity contribution < 1.29 is 4.84 Å². The average molecular weight is 288 g/mol. The molecule has 1 aromatic rings. The summed E-state index contributed by atoms with van der Waals surface area (Å²) >= 11 is 5.21. The maximum absolute atomic E-state index is 4.88. The van der Waals surface area contributed by atoms with Gasteiger partial charge in [0, 0.05) is 14.9 Å². The first-order valence-electron chi connectivity index (χ1n) is 4.43. The first kappa shape index (κ1) is 12.6. The van der Waals surface area contributed by atoms with Gasteiger partial charge in [-0.15, -0.1) is 11.8 Å². The lowest BCUT2D eigenvalue weighted by molar-refractivity contribution is 0.136. The van der Waals surface area contributed by atoms with Crippen LogP contribution in [-0.2, 0) is 4.84 Å². The molecule has 0 heterocycles. The number of rotatable bonds is 4. The molecule has 0 aromatic heterocycles. The Bertz CT molecular complexity index is 379. The zero-order valence-electron chi connectivity index (χ0n) is 9.06. The van der Waals surface area contributed by atoms with E-state index < -0.39 is 0 Å². The topological polar surface area (TPSA) is 21.3 Å². The molecule has 0 aliphatic carbocycles. The molecule has 15 heavy (non-hydrogen) atoms. The Labute approximate surface area is 103 Å². The molecule has 0 atom stereocenters. The third kappa shape index (κ3) is 2.77. The molecule has 0 aliphatic rings. The van der Waals surface area contributed by atoms with Gasteiger partial charge >= 0.3 is 0 Å². The first-order valence-corrected chi connectivity index (χ1v) is 6.45. The zero-order chi connectivity index (χ0) is 11.4. The van der Waals surface area contributed by atoms with Crippen LogP contribution >= 0.6 is 27.7 Å².